The molecule has 7 heteroatoms. The molecule has 0 radical (unpaired) electrons. The minimum Gasteiger partial charge on any atom is -0.481 e. The first-order valence-corrected chi connectivity index (χ1v) is 13.2. The second kappa shape index (κ2) is 13.8. The molecule has 2 aromatic rings. The number of hydrogen-bond donors (Lipinski definition) is 2. The molecule has 1 unspecified atom stereocenters. The van der Waals surface area contributed by atoms with Crippen LogP contribution in [0.4, 0.5) is 5.69 Å². The van der Waals surface area contributed by atoms with E-state index in [-0.39, 0.29) is 24.8 Å². The van der Waals surface area contributed by atoms with E-state index in [1.807, 2.05) is 30.3 Å². The first-order valence-electron chi connectivity index (χ1n) is 13.2. The first kappa shape index (κ1) is 27.4. The van der Waals surface area contributed by atoms with Crippen molar-refractivity contribution < 1.29 is 19.5 Å². The van der Waals surface area contributed by atoms with E-state index in [0.29, 0.717) is 23.4 Å². The lowest BCUT2D eigenvalue weighted by atomic mass is 9.86. The molecule has 7 nitrogen and oxygen atoms in total. The molecule has 1 atom stereocenters. The van der Waals surface area contributed by atoms with Crippen LogP contribution in [0.25, 0.3) is 0 Å². The predicted molar refractivity (Wildman–Crippen MR) is 143 cm³/mol. The van der Waals surface area contributed by atoms with E-state index >= 15 is 0 Å². The summed E-state index contributed by atoms with van der Waals surface area (Å²) in [6.07, 6.45) is 5.41. The minimum absolute atomic E-state index is 0.112. The van der Waals surface area contributed by atoms with Crippen molar-refractivity contribution in [3.05, 3.63) is 65.2 Å². The normalized spacial score (nSPS) is 14.8. The molecule has 1 aliphatic heterocycles. The van der Waals surface area contributed by atoms with Gasteiger partial charge in [0.2, 0.25) is 5.91 Å². The van der Waals surface area contributed by atoms with Crippen LogP contribution in [0.5, 0.6) is 0 Å². The molecule has 2 aromatic carbocycles. The maximum absolute atomic E-state index is 13.6. The fourth-order valence-corrected chi connectivity index (χ4v) is 4.83. The Morgan fingerprint density at radius 3 is 2.19 bits per heavy atom. The molecular formula is C29H39N3O4. The lowest BCUT2D eigenvalue weighted by molar-refractivity contribution is -0.137. The summed E-state index contributed by atoms with van der Waals surface area (Å²) in [6.45, 7) is 7.94. The molecule has 2 N–H and O–H groups in total. The Bertz CT molecular complexity index is 1030. The number of unbranched alkanes of at least 4 members (excludes halogenated alkanes) is 2. The molecule has 194 valence electrons. The van der Waals surface area contributed by atoms with Crippen LogP contribution >= 0.6 is 0 Å². The monoisotopic (exact) mass is 493 g/mol. The molecule has 0 spiro atoms. The fourth-order valence-electron chi connectivity index (χ4n) is 4.83. The summed E-state index contributed by atoms with van der Waals surface area (Å²) in [7, 11) is 0. The van der Waals surface area contributed by atoms with Crippen molar-refractivity contribution in [3.63, 3.8) is 0 Å². The van der Waals surface area contributed by atoms with Crippen LogP contribution in [0.15, 0.2) is 48.5 Å². The zero-order valence-corrected chi connectivity index (χ0v) is 21.5. The summed E-state index contributed by atoms with van der Waals surface area (Å²) in [5.74, 6) is -1.91. The summed E-state index contributed by atoms with van der Waals surface area (Å²) in [5.41, 5.74) is 2.45. The second-order valence-corrected chi connectivity index (χ2v) is 9.44. The quantitative estimate of drug-likeness (QED) is 0.374. The van der Waals surface area contributed by atoms with Gasteiger partial charge >= 0.3 is 5.97 Å². The SMILES string of the molecule is CCCCN(CCCC)CCCNC(=O)CN1C(=O)c2ccccc2C(CC(=O)O)c2ccccc21. The number of carbonyl (C=O) groups excluding carboxylic acids is 2. The Labute approximate surface area is 214 Å². The van der Waals surface area contributed by atoms with Crippen LogP contribution in [0.2, 0.25) is 0 Å². The summed E-state index contributed by atoms with van der Waals surface area (Å²) in [4.78, 5) is 42.1. The highest BCUT2D eigenvalue weighted by Crippen LogP contribution is 2.40. The fraction of sp³-hybridized carbons (Fsp3) is 0.483. The summed E-state index contributed by atoms with van der Waals surface area (Å²) in [6, 6.07) is 14.4. The van der Waals surface area contributed by atoms with Gasteiger partial charge in [0.05, 0.1) is 6.42 Å². The third-order valence-electron chi connectivity index (χ3n) is 6.72. The highest BCUT2D eigenvalue weighted by atomic mass is 16.4. The minimum atomic E-state index is -0.935. The van der Waals surface area contributed by atoms with Gasteiger partial charge in [0, 0.05) is 23.7 Å². The molecular weight excluding hydrogens is 454 g/mol. The molecule has 1 aliphatic rings. The zero-order valence-electron chi connectivity index (χ0n) is 21.5. The highest BCUT2D eigenvalue weighted by Gasteiger charge is 2.34. The maximum atomic E-state index is 13.6. The number of carboxylic acid groups (broad SMARTS) is 1. The van der Waals surface area contributed by atoms with Crippen molar-refractivity contribution in [2.45, 2.75) is 58.3 Å². The first-order chi connectivity index (χ1) is 17.5. The van der Waals surface area contributed by atoms with Crippen LogP contribution < -0.4 is 10.2 Å². The van der Waals surface area contributed by atoms with Gasteiger partial charge in [0.25, 0.3) is 5.91 Å². The van der Waals surface area contributed by atoms with E-state index in [4.69, 9.17) is 0 Å². The third kappa shape index (κ3) is 7.17. The van der Waals surface area contributed by atoms with Crippen LogP contribution in [0.3, 0.4) is 0 Å². The number of fused-ring (bicyclic) bond motifs is 2. The molecule has 36 heavy (non-hydrogen) atoms. The van der Waals surface area contributed by atoms with Crippen LogP contribution in [-0.2, 0) is 9.59 Å². The van der Waals surface area contributed by atoms with Gasteiger partial charge < -0.3 is 15.3 Å². The molecule has 0 aliphatic carbocycles. The zero-order chi connectivity index (χ0) is 25.9. The van der Waals surface area contributed by atoms with E-state index < -0.39 is 11.9 Å². The van der Waals surface area contributed by atoms with Gasteiger partial charge in [-0.2, -0.15) is 0 Å². The number of nitrogens with one attached hydrogen (secondary N) is 1. The van der Waals surface area contributed by atoms with Crippen molar-refractivity contribution in [3.8, 4) is 0 Å². The summed E-state index contributed by atoms with van der Waals surface area (Å²) in [5, 5.41) is 12.6. The number of aliphatic carboxylic acids is 1. The third-order valence-corrected chi connectivity index (χ3v) is 6.72. The van der Waals surface area contributed by atoms with Gasteiger partial charge in [0.15, 0.2) is 0 Å². The average Bonchev–Trinajstić information content (AvgIpc) is 2.97. The second-order valence-electron chi connectivity index (χ2n) is 9.44. The van der Waals surface area contributed by atoms with E-state index in [9.17, 15) is 19.5 Å². The smallest absolute Gasteiger partial charge is 0.304 e. The number of carboxylic acids is 1. The molecule has 1 heterocycles. The number of rotatable bonds is 14. The van der Waals surface area contributed by atoms with E-state index in [0.717, 1.165) is 31.6 Å². The number of nitrogens with zero attached hydrogens (tertiary/aromatic N) is 2. The lowest BCUT2D eigenvalue weighted by Crippen LogP contribution is -2.41. The van der Waals surface area contributed by atoms with Gasteiger partial charge in [-0.25, -0.2) is 0 Å². The number of benzene rings is 2. The molecule has 0 aromatic heterocycles. The van der Waals surface area contributed by atoms with Crippen molar-refractivity contribution in [2.24, 2.45) is 0 Å². The van der Waals surface area contributed by atoms with E-state index in [1.54, 1.807) is 18.2 Å². The Kier molecular flexibility index (Phi) is 10.5. The van der Waals surface area contributed by atoms with E-state index in [2.05, 4.69) is 24.1 Å². The summed E-state index contributed by atoms with van der Waals surface area (Å²) < 4.78 is 0. The lowest BCUT2D eigenvalue weighted by Gasteiger charge is -2.24. The van der Waals surface area contributed by atoms with Gasteiger partial charge in [0.1, 0.15) is 6.54 Å². The highest BCUT2D eigenvalue weighted by molar-refractivity contribution is 6.11. The number of amides is 2. The Hall–Kier alpha value is -3.19. The number of carbonyl (C=O) groups is 3. The molecule has 0 saturated carbocycles. The predicted octanol–water partition coefficient (Wildman–Crippen LogP) is 4.66. The molecule has 0 bridgehead atoms. The van der Waals surface area contributed by atoms with Crippen LogP contribution in [-0.4, -0.2) is 60.5 Å². The molecule has 0 saturated heterocycles. The Morgan fingerprint density at radius 1 is 0.917 bits per heavy atom. The van der Waals surface area contributed by atoms with Crippen molar-refractivity contribution in [2.75, 3.05) is 37.6 Å². The van der Waals surface area contributed by atoms with Crippen LogP contribution in [0.1, 0.15) is 79.8 Å². The average molecular weight is 494 g/mol. The van der Waals surface area contributed by atoms with Crippen molar-refractivity contribution in [1.82, 2.24) is 10.2 Å². The van der Waals surface area contributed by atoms with Crippen LogP contribution in [0, 0.1) is 0 Å². The van der Waals surface area contributed by atoms with Gasteiger partial charge in [-0.1, -0.05) is 63.1 Å². The number of hydrogen-bond acceptors (Lipinski definition) is 4. The van der Waals surface area contributed by atoms with Gasteiger partial charge in [-0.3, -0.25) is 19.3 Å². The Balaban J connectivity index is 1.71. The van der Waals surface area contributed by atoms with Gasteiger partial charge in [-0.15, -0.1) is 0 Å². The number of para-hydroxylation sites is 1. The topological polar surface area (TPSA) is 90.0 Å². The van der Waals surface area contributed by atoms with Crippen molar-refractivity contribution in [1.29, 1.82) is 0 Å². The molecule has 2 amide bonds. The maximum Gasteiger partial charge on any atom is 0.304 e. The molecule has 3 rings (SSSR count). The molecule has 0 fully saturated rings. The number of anilines is 1. The summed E-state index contributed by atoms with van der Waals surface area (Å²) >= 11 is 0. The van der Waals surface area contributed by atoms with Gasteiger partial charge in [-0.05, 0) is 62.2 Å². The van der Waals surface area contributed by atoms with E-state index in [1.165, 1.54) is 30.6 Å². The largest absolute Gasteiger partial charge is 0.481 e. The van der Waals surface area contributed by atoms with Crippen molar-refractivity contribution >= 4 is 23.5 Å². The Morgan fingerprint density at radius 2 is 1.53 bits per heavy atom. The standard InChI is InChI=1S/C29H39N3O4/c1-3-5-17-31(18-6-4-2)19-11-16-30-27(33)21-32-26-15-10-9-13-23(26)25(20-28(34)35)22-12-7-8-14-24(22)29(32)36/h7-10,12-15,25H,3-6,11,16-21H2,1-2H3,(H,30,33)(H,34,35).